The molecule has 0 aliphatic carbocycles. The molecule has 21 heavy (non-hydrogen) atoms. The highest BCUT2D eigenvalue weighted by molar-refractivity contribution is 7.98. The van der Waals surface area contributed by atoms with Gasteiger partial charge < -0.3 is 14.8 Å². The number of amides is 1. The van der Waals surface area contributed by atoms with Gasteiger partial charge in [-0.15, -0.1) is 11.8 Å². The zero-order valence-corrected chi connectivity index (χ0v) is 12.8. The van der Waals surface area contributed by atoms with Crippen molar-refractivity contribution < 1.29 is 14.3 Å². The maximum atomic E-state index is 12.4. The van der Waals surface area contributed by atoms with Crippen molar-refractivity contribution in [1.82, 2.24) is 0 Å². The molecule has 0 aromatic heterocycles. The van der Waals surface area contributed by atoms with Crippen molar-refractivity contribution in [3.63, 3.8) is 0 Å². The number of carbonyl (C=O) groups excluding carboxylic acids is 1. The summed E-state index contributed by atoms with van der Waals surface area (Å²) in [5.41, 5.74) is 1.20. The fourth-order valence-electron chi connectivity index (χ4n) is 2.04. The van der Waals surface area contributed by atoms with Crippen LogP contribution in [0.2, 0.25) is 5.02 Å². The van der Waals surface area contributed by atoms with E-state index in [0.29, 0.717) is 22.1 Å². The minimum absolute atomic E-state index is 0.120. The second kappa shape index (κ2) is 5.87. The van der Waals surface area contributed by atoms with Crippen LogP contribution in [0.25, 0.3) is 0 Å². The normalized spacial score (nSPS) is 12.3. The van der Waals surface area contributed by atoms with Crippen molar-refractivity contribution in [2.45, 2.75) is 4.90 Å². The zero-order chi connectivity index (χ0) is 14.8. The van der Waals surface area contributed by atoms with Gasteiger partial charge in [-0.1, -0.05) is 23.7 Å². The molecule has 2 aromatic rings. The number of rotatable bonds is 3. The summed E-state index contributed by atoms with van der Waals surface area (Å²) in [7, 11) is 0. The van der Waals surface area contributed by atoms with E-state index < -0.39 is 0 Å². The van der Waals surface area contributed by atoms with Crippen LogP contribution in [-0.4, -0.2) is 19.0 Å². The number of nitrogens with one attached hydrogen (secondary N) is 1. The van der Waals surface area contributed by atoms with Crippen LogP contribution in [0, 0.1) is 0 Å². The molecular weight excluding hydrogens is 310 g/mol. The molecule has 1 N–H and O–H groups in total. The molecule has 0 saturated heterocycles. The Morgan fingerprint density at radius 2 is 2.10 bits per heavy atom. The maximum absolute atomic E-state index is 12.4. The molecule has 2 aromatic carbocycles. The minimum atomic E-state index is -0.239. The summed E-state index contributed by atoms with van der Waals surface area (Å²) in [6.07, 6.45) is 1.96. The molecule has 0 fully saturated rings. The molecule has 1 aliphatic heterocycles. The zero-order valence-electron chi connectivity index (χ0n) is 11.2. The van der Waals surface area contributed by atoms with Crippen LogP contribution < -0.4 is 14.8 Å². The van der Waals surface area contributed by atoms with Gasteiger partial charge in [-0.3, -0.25) is 4.79 Å². The Hall–Kier alpha value is -1.85. The Morgan fingerprint density at radius 3 is 2.90 bits per heavy atom. The predicted molar refractivity (Wildman–Crippen MR) is 83.8 cm³/mol. The Balaban J connectivity index is 1.88. The number of carbonyl (C=O) groups is 1. The van der Waals surface area contributed by atoms with Gasteiger partial charge in [0.15, 0.2) is 11.5 Å². The van der Waals surface area contributed by atoms with Crippen molar-refractivity contribution in [2.24, 2.45) is 0 Å². The molecule has 108 valence electrons. The predicted octanol–water partition coefficient (Wildman–Crippen LogP) is 4.04. The number of benzene rings is 2. The first kappa shape index (κ1) is 14.1. The van der Waals surface area contributed by atoms with Gasteiger partial charge in [0.05, 0.1) is 10.7 Å². The lowest BCUT2D eigenvalue weighted by Gasteiger charge is -2.10. The van der Waals surface area contributed by atoms with Crippen LogP contribution in [0.15, 0.2) is 41.3 Å². The van der Waals surface area contributed by atoms with Crippen LogP contribution in [0.3, 0.4) is 0 Å². The van der Waals surface area contributed by atoms with E-state index in [4.69, 9.17) is 21.1 Å². The highest BCUT2D eigenvalue weighted by Crippen LogP contribution is 2.40. The third kappa shape index (κ3) is 2.80. The average Bonchev–Trinajstić information content (AvgIpc) is 2.96. The molecular formula is C15H12ClNO3S. The lowest BCUT2D eigenvalue weighted by atomic mass is 10.2. The fraction of sp³-hybridized carbons (Fsp3) is 0.133. The Labute approximate surface area is 131 Å². The Bertz CT molecular complexity index is 705. The molecule has 3 rings (SSSR count). The maximum Gasteiger partial charge on any atom is 0.255 e. The van der Waals surface area contributed by atoms with Crippen LogP contribution >= 0.6 is 23.4 Å². The summed E-state index contributed by atoms with van der Waals surface area (Å²) in [5.74, 6) is 0.736. The van der Waals surface area contributed by atoms with Gasteiger partial charge in [-0.2, -0.15) is 0 Å². The second-order valence-corrected chi connectivity index (χ2v) is 5.60. The van der Waals surface area contributed by atoms with E-state index in [1.807, 2.05) is 30.5 Å². The molecule has 1 aliphatic rings. The number of para-hydroxylation sites is 1. The third-order valence-corrected chi connectivity index (χ3v) is 4.12. The molecule has 0 atom stereocenters. The average molecular weight is 322 g/mol. The van der Waals surface area contributed by atoms with Crippen molar-refractivity contribution in [3.8, 4) is 11.5 Å². The molecule has 6 heteroatoms. The smallest absolute Gasteiger partial charge is 0.255 e. The summed E-state index contributed by atoms with van der Waals surface area (Å²) in [6.45, 7) is 0.120. The molecule has 4 nitrogen and oxygen atoms in total. The first-order valence-corrected chi connectivity index (χ1v) is 7.83. The lowest BCUT2D eigenvalue weighted by molar-refractivity contribution is 0.102. The van der Waals surface area contributed by atoms with Crippen LogP contribution in [0.1, 0.15) is 10.4 Å². The van der Waals surface area contributed by atoms with Crippen molar-refractivity contribution in [1.29, 1.82) is 0 Å². The van der Waals surface area contributed by atoms with E-state index in [-0.39, 0.29) is 12.7 Å². The van der Waals surface area contributed by atoms with Crippen LogP contribution in [-0.2, 0) is 0 Å². The minimum Gasteiger partial charge on any atom is -0.454 e. The van der Waals surface area contributed by atoms with Crippen molar-refractivity contribution >= 4 is 35.0 Å². The number of halogens is 1. The third-order valence-electron chi connectivity index (χ3n) is 3.04. The van der Waals surface area contributed by atoms with E-state index in [9.17, 15) is 4.79 Å². The van der Waals surface area contributed by atoms with E-state index in [1.165, 1.54) is 0 Å². The van der Waals surface area contributed by atoms with Gasteiger partial charge in [-0.05, 0) is 30.5 Å². The Morgan fingerprint density at radius 1 is 1.29 bits per heavy atom. The summed E-state index contributed by atoms with van der Waals surface area (Å²) >= 11 is 7.66. The molecule has 0 saturated carbocycles. The molecule has 0 bridgehead atoms. The molecule has 0 unspecified atom stereocenters. The topological polar surface area (TPSA) is 47.6 Å². The van der Waals surface area contributed by atoms with E-state index >= 15 is 0 Å². The first-order valence-electron chi connectivity index (χ1n) is 6.22. The van der Waals surface area contributed by atoms with Gasteiger partial charge in [0.25, 0.3) is 5.91 Å². The number of anilines is 1. The summed E-state index contributed by atoms with van der Waals surface area (Å²) in [4.78, 5) is 13.4. The van der Waals surface area contributed by atoms with Crippen molar-refractivity contribution in [3.05, 3.63) is 47.0 Å². The van der Waals surface area contributed by atoms with Crippen LogP contribution in [0.5, 0.6) is 11.5 Å². The monoisotopic (exact) mass is 321 g/mol. The summed E-state index contributed by atoms with van der Waals surface area (Å²) < 4.78 is 10.5. The van der Waals surface area contributed by atoms with Crippen LogP contribution in [0.4, 0.5) is 5.69 Å². The highest BCUT2D eigenvalue weighted by Gasteiger charge is 2.21. The second-order valence-electron chi connectivity index (χ2n) is 4.35. The SMILES string of the molecule is CSc1ccccc1NC(=O)c1cc(Cl)c2c(c1)OCO2. The number of hydrogen-bond donors (Lipinski definition) is 1. The quantitative estimate of drug-likeness (QED) is 0.867. The van der Waals surface area contributed by atoms with E-state index in [1.54, 1.807) is 23.9 Å². The Kier molecular flexibility index (Phi) is 3.94. The molecule has 1 amide bonds. The number of ether oxygens (including phenoxy) is 2. The van der Waals surface area contributed by atoms with E-state index in [0.717, 1.165) is 10.6 Å². The van der Waals surface area contributed by atoms with Gasteiger partial charge in [0.1, 0.15) is 0 Å². The van der Waals surface area contributed by atoms with Gasteiger partial charge in [-0.25, -0.2) is 0 Å². The van der Waals surface area contributed by atoms with Crippen molar-refractivity contribution in [2.75, 3.05) is 18.4 Å². The fourth-order valence-corrected chi connectivity index (χ4v) is 2.86. The number of thioether (sulfide) groups is 1. The lowest BCUT2D eigenvalue weighted by Crippen LogP contribution is -2.12. The molecule has 0 radical (unpaired) electrons. The summed E-state index contributed by atoms with van der Waals surface area (Å²) in [5, 5.41) is 3.25. The number of fused-ring (bicyclic) bond motifs is 1. The molecule has 0 spiro atoms. The van der Waals surface area contributed by atoms with E-state index in [2.05, 4.69) is 5.32 Å². The van der Waals surface area contributed by atoms with Gasteiger partial charge in [0, 0.05) is 10.5 Å². The standard InChI is InChI=1S/C15H12ClNO3S/c1-21-13-5-3-2-4-11(13)17-15(18)9-6-10(16)14-12(7-9)19-8-20-14/h2-7H,8H2,1H3,(H,17,18). The highest BCUT2D eigenvalue weighted by atomic mass is 35.5. The number of hydrogen-bond acceptors (Lipinski definition) is 4. The molecule has 1 heterocycles. The summed E-state index contributed by atoms with van der Waals surface area (Å²) in [6, 6.07) is 10.8. The first-order chi connectivity index (χ1) is 10.2. The van der Waals surface area contributed by atoms with Gasteiger partial charge in [0.2, 0.25) is 6.79 Å². The largest absolute Gasteiger partial charge is 0.454 e. The van der Waals surface area contributed by atoms with Gasteiger partial charge >= 0.3 is 0 Å².